The van der Waals surface area contributed by atoms with Gasteiger partial charge in [-0.3, -0.25) is 9.36 Å². The predicted octanol–water partition coefficient (Wildman–Crippen LogP) is 5.88. The number of carbonyl (C=O) groups is 1. The minimum Gasteiger partial charge on any atom is -0.299 e. The van der Waals surface area contributed by atoms with Gasteiger partial charge in [-0.2, -0.15) is 5.10 Å². The molecule has 0 aliphatic heterocycles. The van der Waals surface area contributed by atoms with E-state index >= 15 is 0 Å². The summed E-state index contributed by atoms with van der Waals surface area (Å²) in [4.78, 5) is 12.4. The number of benzene rings is 2. The molecule has 172 valence electrons. The molecule has 1 amide bonds. The fourth-order valence-electron chi connectivity index (χ4n) is 3.90. The van der Waals surface area contributed by atoms with E-state index in [1.54, 1.807) is 19.1 Å². The molecule has 1 aliphatic rings. The van der Waals surface area contributed by atoms with Gasteiger partial charge in [0.25, 0.3) is 5.91 Å². The summed E-state index contributed by atoms with van der Waals surface area (Å²) in [5.74, 6) is 0.400. The number of hydrogen-bond acceptors (Lipinski definition) is 5. The Kier molecular flexibility index (Phi) is 7.77. The van der Waals surface area contributed by atoms with Crippen LogP contribution in [-0.4, -0.2) is 32.1 Å². The van der Waals surface area contributed by atoms with Crippen molar-refractivity contribution in [2.45, 2.75) is 50.2 Å². The molecule has 4 rings (SSSR count). The second-order valence-corrected chi connectivity index (χ2v) is 9.38. The van der Waals surface area contributed by atoms with E-state index in [9.17, 15) is 9.18 Å². The van der Waals surface area contributed by atoms with Gasteiger partial charge in [-0.1, -0.05) is 54.8 Å². The summed E-state index contributed by atoms with van der Waals surface area (Å²) >= 11 is 7.41. The van der Waals surface area contributed by atoms with Crippen molar-refractivity contribution in [1.29, 1.82) is 0 Å². The van der Waals surface area contributed by atoms with Gasteiger partial charge in [0.1, 0.15) is 5.82 Å². The summed E-state index contributed by atoms with van der Waals surface area (Å²) < 4.78 is 15.3. The lowest BCUT2D eigenvalue weighted by Gasteiger charge is -2.25. The molecule has 1 aromatic heterocycles. The number of amides is 1. The Labute approximate surface area is 201 Å². The van der Waals surface area contributed by atoms with Gasteiger partial charge in [0.2, 0.25) is 0 Å². The largest absolute Gasteiger partial charge is 0.299 e. The molecule has 0 unspecified atom stereocenters. The predicted molar refractivity (Wildman–Crippen MR) is 130 cm³/mol. The summed E-state index contributed by atoms with van der Waals surface area (Å²) in [5.41, 5.74) is 4.87. The van der Waals surface area contributed by atoms with Gasteiger partial charge in [0.15, 0.2) is 11.0 Å². The highest BCUT2D eigenvalue weighted by Crippen LogP contribution is 2.35. The summed E-state index contributed by atoms with van der Waals surface area (Å²) in [6, 6.07) is 13.9. The fraction of sp³-hybridized carbons (Fsp3) is 0.333. The molecule has 1 heterocycles. The quantitative estimate of drug-likeness (QED) is 0.258. The van der Waals surface area contributed by atoms with Crippen LogP contribution in [0.3, 0.4) is 0 Å². The summed E-state index contributed by atoms with van der Waals surface area (Å²) in [7, 11) is 0. The van der Waals surface area contributed by atoms with E-state index in [0.29, 0.717) is 16.8 Å². The SMILES string of the molecule is C/C(=N\NC(=O)CSc1nnc(-c2ccc(Cl)cc2)n1C1CCCCC1)c1ccc(F)cc1. The van der Waals surface area contributed by atoms with Crippen molar-refractivity contribution in [2.24, 2.45) is 5.10 Å². The molecule has 0 radical (unpaired) electrons. The zero-order valence-electron chi connectivity index (χ0n) is 18.3. The third-order valence-electron chi connectivity index (χ3n) is 5.65. The minimum absolute atomic E-state index is 0.158. The third kappa shape index (κ3) is 6.00. The molecule has 2 aromatic carbocycles. The number of nitrogens with one attached hydrogen (secondary N) is 1. The first kappa shape index (κ1) is 23.4. The van der Waals surface area contributed by atoms with E-state index < -0.39 is 0 Å². The first-order valence-electron chi connectivity index (χ1n) is 10.9. The Balaban J connectivity index is 1.47. The summed E-state index contributed by atoms with van der Waals surface area (Å²) in [6.07, 6.45) is 5.72. The number of aromatic nitrogens is 3. The molecule has 33 heavy (non-hydrogen) atoms. The zero-order valence-corrected chi connectivity index (χ0v) is 19.9. The second kappa shape index (κ2) is 10.9. The van der Waals surface area contributed by atoms with Crippen molar-refractivity contribution in [1.82, 2.24) is 20.2 Å². The molecular formula is C24H25ClFN5OS. The maximum absolute atomic E-state index is 13.1. The van der Waals surface area contributed by atoms with Crippen LogP contribution in [0.15, 0.2) is 58.8 Å². The summed E-state index contributed by atoms with van der Waals surface area (Å²) in [5, 5.41) is 14.4. The molecule has 6 nitrogen and oxygen atoms in total. The van der Waals surface area contributed by atoms with Crippen LogP contribution in [0.2, 0.25) is 5.02 Å². The fourth-order valence-corrected chi connectivity index (χ4v) is 4.83. The maximum atomic E-state index is 13.1. The number of rotatable bonds is 7. The smallest absolute Gasteiger partial charge is 0.250 e. The molecule has 1 saturated carbocycles. The molecule has 0 spiro atoms. The number of thioether (sulfide) groups is 1. The molecule has 1 fully saturated rings. The molecule has 0 saturated heterocycles. The van der Waals surface area contributed by atoms with Crippen molar-refractivity contribution in [3.63, 3.8) is 0 Å². The van der Waals surface area contributed by atoms with Crippen LogP contribution < -0.4 is 5.43 Å². The average molecular weight is 486 g/mol. The van der Waals surface area contributed by atoms with E-state index in [-0.39, 0.29) is 17.5 Å². The van der Waals surface area contributed by atoms with E-state index in [4.69, 9.17) is 11.6 Å². The summed E-state index contributed by atoms with van der Waals surface area (Å²) in [6.45, 7) is 1.76. The number of nitrogens with zero attached hydrogens (tertiary/aromatic N) is 4. The maximum Gasteiger partial charge on any atom is 0.250 e. The lowest BCUT2D eigenvalue weighted by molar-refractivity contribution is -0.118. The van der Waals surface area contributed by atoms with Crippen molar-refractivity contribution < 1.29 is 9.18 Å². The van der Waals surface area contributed by atoms with Crippen molar-refractivity contribution in [3.8, 4) is 11.4 Å². The Morgan fingerprint density at radius 1 is 1.12 bits per heavy atom. The first-order valence-corrected chi connectivity index (χ1v) is 12.3. The Bertz CT molecular complexity index is 1120. The van der Waals surface area contributed by atoms with Crippen LogP contribution in [0.25, 0.3) is 11.4 Å². The minimum atomic E-state index is -0.313. The van der Waals surface area contributed by atoms with Crippen LogP contribution in [-0.2, 0) is 4.79 Å². The second-order valence-electron chi connectivity index (χ2n) is 8.00. The Morgan fingerprint density at radius 3 is 2.52 bits per heavy atom. The lowest BCUT2D eigenvalue weighted by Crippen LogP contribution is -2.22. The highest BCUT2D eigenvalue weighted by atomic mass is 35.5. The number of halogens is 2. The van der Waals surface area contributed by atoms with Crippen LogP contribution in [0.1, 0.15) is 50.6 Å². The first-order chi connectivity index (χ1) is 16.0. The van der Waals surface area contributed by atoms with Crippen molar-refractivity contribution in [2.75, 3.05) is 5.75 Å². The van der Waals surface area contributed by atoms with Crippen LogP contribution >= 0.6 is 23.4 Å². The molecule has 9 heteroatoms. The van der Waals surface area contributed by atoms with Crippen molar-refractivity contribution in [3.05, 3.63) is 64.9 Å². The highest BCUT2D eigenvalue weighted by molar-refractivity contribution is 7.99. The molecule has 1 aliphatic carbocycles. The standard InChI is InChI=1S/C24H25ClFN5OS/c1-16(17-9-13-20(26)14-10-17)27-28-22(32)15-33-24-30-29-23(18-7-11-19(25)12-8-18)31(24)21-5-3-2-4-6-21/h7-14,21H,2-6,15H2,1H3,(H,28,32)/b27-16+. The molecule has 0 atom stereocenters. The number of carbonyl (C=O) groups excluding carboxylic acids is 1. The normalized spacial score (nSPS) is 14.9. The van der Waals surface area contributed by atoms with Crippen molar-refractivity contribution >= 4 is 35.0 Å². The van der Waals surface area contributed by atoms with Gasteiger partial charge >= 0.3 is 0 Å². The third-order valence-corrected chi connectivity index (χ3v) is 6.84. The van der Waals surface area contributed by atoms with E-state index in [1.807, 2.05) is 24.3 Å². The molecular weight excluding hydrogens is 461 g/mol. The van der Waals surface area contributed by atoms with Gasteiger partial charge < -0.3 is 0 Å². The van der Waals surface area contributed by atoms with Gasteiger partial charge in [0.05, 0.1) is 11.5 Å². The monoisotopic (exact) mass is 485 g/mol. The van der Waals surface area contributed by atoms with Gasteiger partial charge in [0, 0.05) is 16.6 Å². The van der Waals surface area contributed by atoms with E-state index in [0.717, 1.165) is 34.9 Å². The van der Waals surface area contributed by atoms with Gasteiger partial charge in [-0.15, -0.1) is 10.2 Å². The van der Waals surface area contributed by atoms with Gasteiger partial charge in [-0.25, -0.2) is 9.82 Å². The average Bonchev–Trinajstić information content (AvgIpc) is 3.26. The zero-order chi connectivity index (χ0) is 23.2. The van der Waals surface area contributed by atoms with Crippen LogP contribution in [0.4, 0.5) is 4.39 Å². The Hall–Kier alpha value is -2.71. The Morgan fingerprint density at radius 2 is 1.82 bits per heavy atom. The van der Waals surface area contributed by atoms with Gasteiger partial charge in [-0.05, 0) is 61.7 Å². The molecule has 1 N–H and O–H groups in total. The highest BCUT2D eigenvalue weighted by Gasteiger charge is 2.24. The van der Waals surface area contributed by atoms with E-state index in [1.165, 1.54) is 43.2 Å². The van der Waals surface area contributed by atoms with Crippen LogP contribution in [0.5, 0.6) is 0 Å². The van der Waals surface area contributed by atoms with E-state index in [2.05, 4.69) is 25.3 Å². The lowest BCUT2D eigenvalue weighted by atomic mass is 9.95. The van der Waals surface area contributed by atoms with Crippen LogP contribution in [0, 0.1) is 5.82 Å². The molecule has 0 bridgehead atoms. The topological polar surface area (TPSA) is 72.2 Å². The number of hydrazone groups is 1. The number of hydrogen-bond donors (Lipinski definition) is 1. The molecule has 3 aromatic rings.